The summed E-state index contributed by atoms with van der Waals surface area (Å²) in [5, 5.41) is 7.01. The fourth-order valence-corrected chi connectivity index (χ4v) is 7.90. The molecule has 0 N–H and O–H groups in total. The SMILES string of the molecule is C[Si](C)(C)CCOCn1ccc2ccc(N3CCC4(C=C(c5c(-c6c(Cl)cccc6Cl)noc5C5CC5)C4)CC3)cc21. The summed E-state index contributed by atoms with van der Waals surface area (Å²) in [6.07, 6.45) is 10.3. The van der Waals surface area contributed by atoms with E-state index in [0.29, 0.717) is 22.7 Å². The van der Waals surface area contributed by atoms with Crippen LogP contribution in [0.5, 0.6) is 0 Å². The molecule has 1 aliphatic heterocycles. The summed E-state index contributed by atoms with van der Waals surface area (Å²) in [6, 6.07) is 15.9. The number of aromatic nitrogens is 2. The van der Waals surface area contributed by atoms with Crippen LogP contribution >= 0.6 is 23.2 Å². The van der Waals surface area contributed by atoms with Gasteiger partial charge in [0.25, 0.3) is 0 Å². The lowest BCUT2D eigenvalue weighted by molar-refractivity contribution is 0.0902. The van der Waals surface area contributed by atoms with Gasteiger partial charge in [-0.25, -0.2) is 0 Å². The number of fused-ring (bicyclic) bond motifs is 1. The number of allylic oxidation sites excluding steroid dienone is 2. The van der Waals surface area contributed by atoms with Crippen LogP contribution in [-0.4, -0.2) is 37.5 Å². The summed E-state index contributed by atoms with van der Waals surface area (Å²) in [5.74, 6) is 1.47. The van der Waals surface area contributed by atoms with Crippen molar-refractivity contribution in [3.63, 3.8) is 0 Å². The molecular weight excluding hydrogens is 581 g/mol. The molecule has 0 atom stereocenters. The molecule has 0 amide bonds. The Hall–Kier alpha value is -2.51. The maximum absolute atomic E-state index is 6.61. The smallest absolute Gasteiger partial charge is 0.147 e. The average Bonchev–Trinajstić information content (AvgIpc) is 3.57. The van der Waals surface area contributed by atoms with Crippen molar-refractivity contribution in [3.8, 4) is 11.3 Å². The summed E-state index contributed by atoms with van der Waals surface area (Å²) in [7, 11) is -1.09. The first-order valence-corrected chi connectivity index (χ1v) is 19.7. The number of benzene rings is 2. The Labute approximate surface area is 259 Å². The number of ether oxygens (including phenoxy) is 1. The fourth-order valence-electron chi connectivity index (χ4n) is 6.57. The van der Waals surface area contributed by atoms with Crippen molar-refractivity contribution in [1.82, 2.24) is 9.72 Å². The van der Waals surface area contributed by atoms with Gasteiger partial charge < -0.3 is 18.7 Å². The molecular formula is C34H39Cl2N3O2Si. The molecule has 1 saturated heterocycles. The molecule has 8 heteroatoms. The number of hydrogen-bond donors (Lipinski definition) is 0. The van der Waals surface area contributed by atoms with Gasteiger partial charge in [0.1, 0.15) is 18.2 Å². The van der Waals surface area contributed by atoms with Gasteiger partial charge in [0, 0.05) is 56.7 Å². The Balaban J connectivity index is 1.06. The molecule has 1 saturated carbocycles. The standard InChI is InChI=1S/C34H39Cl2N3O2Si/c1-42(2,3)18-17-40-22-39-14-11-23-9-10-26(19-29(23)39)38-15-12-34(13-16-38)20-25(21-34)30-32(37-41-33(30)24-7-8-24)31-27(35)5-4-6-28(31)36/h4-6,9-11,14,19-20,24H,7-8,12-13,15-18,21-22H2,1-3H3. The van der Waals surface area contributed by atoms with Crippen LogP contribution in [-0.2, 0) is 11.5 Å². The van der Waals surface area contributed by atoms with Crippen molar-refractivity contribution >= 4 is 53.4 Å². The molecule has 2 fully saturated rings. The van der Waals surface area contributed by atoms with E-state index >= 15 is 0 Å². The average molecular weight is 621 g/mol. The molecule has 0 bridgehead atoms. The minimum absolute atomic E-state index is 0.236. The lowest BCUT2D eigenvalue weighted by atomic mass is 9.63. The van der Waals surface area contributed by atoms with Gasteiger partial charge >= 0.3 is 0 Å². The number of piperidine rings is 1. The van der Waals surface area contributed by atoms with Gasteiger partial charge in [0.05, 0.1) is 15.6 Å². The second-order valence-electron chi connectivity index (χ2n) is 13.7. The van der Waals surface area contributed by atoms with Crippen molar-refractivity contribution in [2.24, 2.45) is 5.41 Å². The van der Waals surface area contributed by atoms with E-state index in [0.717, 1.165) is 74.4 Å². The van der Waals surface area contributed by atoms with Gasteiger partial charge in [-0.3, -0.25) is 0 Å². The Bertz CT molecular complexity index is 1630. The minimum atomic E-state index is -1.09. The highest BCUT2D eigenvalue weighted by Crippen LogP contribution is 2.56. The molecule has 0 unspecified atom stereocenters. The number of nitrogens with zero attached hydrogens (tertiary/aromatic N) is 3. The lowest BCUT2D eigenvalue weighted by Gasteiger charge is -2.47. The van der Waals surface area contributed by atoms with E-state index in [1.54, 1.807) is 0 Å². The van der Waals surface area contributed by atoms with E-state index in [-0.39, 0.29) is 5.41 Å². The number of rotatable bonds is 9. The quantitative estimate of drug-likeness (QED) is 0.138. The highest BCUT2D eigenvalue weighted by atomic mass is 35.5. The van der Waals surface area contributed by atoms with Crippen LogP contribution in [0, 0.1) is 5.41 Å². The van der Waals surface area contributed by atoms with Crippen LogP contribution in [0.3, 0.4) is 0 Å². The van der Waals surface area contributed by atoms with Crippen LogP contribution in [0.25, 0.3) is 27.7 Å². The van der Waals surface area contributed by atoms with E-state index in [1.807, 2.05) is 18.2 Å². The first kappa shape index (κ1) is 28.3. The summed E-state index contributed by atoms with van der Waals surface area (Å²) in [4.78, 5) is 2.55. The maximum atomic E-state index is 6.61. The Kier molecular flexibility index (Phi) is 7.33. The van der Waals surface area contributed by atoms with Crippen LogP contribution in [0.4, 0.5) is 5.69 Å². The van der Waals surface area contributed by atoms with Crippen molar-refractivity contribution < 1.29 is 9.26 Å². The van der Waals surface area contributed by atoms with E-state index in [2.05, 4.69) is 70.8 Å². The van der Waals surface area contributed by atoms with Crippen molar-refractivity contribution in [2.75, 3.05) is 24.6 Å². The largest absolute Gasteiger partial charge is 0.371 e. The van der Waals surface area contributed by atoms with Gasteiger partial charge in [0.2, 0.25) is 0 Å². The van der Waals surface area contributed by atoms with Gasteiger partial charge in [0.15, 0.2) is 0 Å². The lowest BCUT2D eigenvalue weighted by Crippen LogP contribution is -2.42. The third-order valence-corrected chi connectivity index (χ3v) is 11.7. The van der Waals surface area contributed by atoms with Crippen molar-refractivity contribution in [3.05, 3.63) is 76.1 Å². The van der Waals surface area contributed by atoms with E-state index in [4.69, 9.17) is 32.5 Å². The topological polar surface area (TPSA) is 43.4 Å². The Morgan fingerprint density at radius 3 is 2.45 bits per heavy atom. The third kappa shape index (κ3) is 5.47. The molecule has 2 aromatic heterocycles. The first-order chi connectivity index (χ1) is 20.2. The predicted molar refractivity (Wildman–Crippen MR) is 176 cm³/mol. The summed E-state index contributed by atoms with van der Waals surface area (Å²) < 4.78 is 14.3. The van der Waals surface area contributed by atoms with Crippen molar-refractivity contribution in [1.29, 1.82) is 0 Å². The molecule has 5 nitrogen and oxygen atoms in total. The number of anilines is 1. The molecule has 3 heterocycles. The molecule has 220 valence electrons. The Morgan fingerprint density at radius 1 is 1.02 bits per heavy atom. The van der Waals surface area contributed by atoms with Crippen LogP contribution in [0.1, 0.15) is 49.3 Å². The van der Waals surface area contributed by atoms with Gasteiger partial charge in [-0.1, -0.05) is 66.2 Å². The molecule has 2 aliphatic carbocycles. The van der Waals surface area contributed by atoms with Crippen LogP contribution < -0.4 is 4.90 Å². The zero-order valence-electron chi connectivity index (χ0n) is 24.8. The van der Waals surface area contributed by atoms with Crippen LogP contribution in [0.2, 0.25) is 35.7 Å². The molecule has 4 aromatic rings. The molecule has 42 heavy (non-hydrogen) atoms. The molecule has 3 aliphatic rings. The van der Waals surface area contributed by atoms with Crippen molar-refractivity contribution in [2.45, 2.75) is 70.4 Å². The predicted octanol–water partition coefficient (Wildman–Crippen LogP) is 9.87. The summed E-state index contributed by atoms with van der Waals surface area (Å²) in [5.41, 5.74) is 6.84. The van der Waals surface area contributed by atoms with Crippen LogP contribution in [0.15, 0.2) is 59.3 Å². The highest BCUT2D eigenvalue weighted by Gasteiger charge is 2.44. The molecule has 7 rings (SSSR count). The number of hydrogen-bond acceptors (Lipinski definition) is 4. The van der Waals surface area contributed by atoms with E-state index < -0.39 is 8.07 Å². The van der Waals surface area contributed by atoms with Gasteiger partial charge in [-0.05, 0) is 84.9 Å². The maximum Gasteiger partial charge on any atom is 0.147 e. The second-order valence-corrected chi connectivity index (χ2v) is 20.1. The monoisotopic (exact) mass is 619 g/mol. The summed E-state index contributed by atoms with van der Waals surface area (Å²) in [6.45, 7) is 10.7. The van der Waals surface area contributed by atoms with Gasteiger partial charge in [-0.15, -0.1) is 0 Å². The van der Waals surface area contributed by atoms with E-state index in [9.17, 15) is 0 Å². The van der Waals surface area contributed by atoms with Gasteiger partial charge in [-0.2, -0.15) is 0 Å². The van der Waals surface area contributed by atoms with E-state index in [1.165, 1.54) is 28.2 Å². The highest BCUT2D eigenvalue weighted by molar-refractivity contribution is 6.76. The zero-order chi connectivity index (χ0) is 29.1. The fraction of sp³-hybridized carbons (Fsp3) is 0.441. The minimum Gasteiger partial charge on any atom is -0.371 e. The third-order valence-electron chi connectivity index (χ3n) is 9.32. The molecule has 1 spiro atoms. The Morgan fingerprint density at radius 2 is 1.76 bits per heavy atom. The number of halogens is 2. The second kappa shape index (κ2) is 10.9. The molecule has 2 aromatic carbocycles. The summed E-state index contributed by atoms with van der Waals surface area (Å²) >= 11 is 13.2. The zero-order valence-corrected chi connectivity index (χ0v) is 27.3. The first-order valence-electron chi connectivity index (χ1n) is 15.3. The normalized spacial score (nSPS) is 18.5. The molecule has 0 radical (unpaired) electrons.